The largest absolute Gasteiger partial charge is 0.340 e. The molecule has 0 saturated heterocycles. The molecule has 0 aromatic heterocycles. The van der Waals surface area contributed by atoms with Crippen LogP contribution in [0.15, 0.2) is 91.7 Å². The van der Waals surface area contributed by atoms with Crippen molar-refractivity contribution >= 4 is 17.1 Å². The average molecular weight is 480 g/mol. The molecule has 36 heavy (non-hydrogen) atoms. The lowest BCUT2D eigenvalue weighted by molar-refractivity contribution is -0.425. The zero-order valence-electron chi connectivity index (χ0n) is 23.0. The summed E-state index contributed by atoms with van der Waals surface area (Å²) in [5.74, 6) is 0. The monoisotopic (exact) mass is 479 g/mol. The van der Waals surface area contributed by atoms with Gasteiger partial charge < -0.3 is 4.90 Å². The van der Waals surface area contributed by atoms with Crippen LogP contribution in [0.4, 0.5) is 11.4 Å². The van der Waals surface area contributed by atoms with Crippen LogP contribution in [0.1, 0.15) is 70.6 Å². The molecule has 0 N–H and O–H groups in total. The second-order valence-corrected chi connectivity index (χ2v) is 11.2. The molecule has 0 fully saturated rings. The van der Waals surface area contributed by atoms with Crippen molar-refractivity contribution in [2.24, 2.45) is 0 Å². The normalized spacial score (nSPS) is 18.7. The van der Waals surface area contributed by atoms with Crippen LogP contribution in [-0.2, 0) is 17.3 Å². The predicted octanol–water partition coefficient (Wildman–Crippen LogP) is 8.41. The molecule has 2 aliphatic heterocycles. The first-order valence-electron chi connectivity index (χ1n) is 13.5. The summed E-state index contributed by atoms with van der Waals surface area (Å²) in [5.41, 5.74) is 9.35. The van der Waals surface area contributed by atoms with Gasteiger partial charge in [-0.2, -0.15) is 4.58 Å². The number of rotatable bonds is 10. The standard InChI is InChI=1S/C34H43N2/c1-8-11-12-16-26-21-22-30-28(25-26)34(6,7)32(36(30)24-10-3)20-15-19-31-33(4,5)27-17-13-14-18-29(27)35(31)23-9-2/h9-10,13-15,17-22,25H,2-3,8,11-12,16,23-24H2,1,4-7H3/q+1. The van der Waals surface area contributed by atoms with Crippen LogP contribution >= 0.6 is 0 Å². The molecule has 0 unspecified atom stereocenters. The van der Waals surface area contributed by atoms with E-state index in [2.05, 4.69) is 118 Å². The fourth-order valence-electron chi connectivity index (χ4n) is 5.98. The van der Waals surface area contributed by atoms with E-state index in [1.54, 1.807) is 0 Å². The van der Waals surface area contributed by atoms with Crippen molar-refractivity contribution in [1.29, 1.82) is 0 Å². The number of aryl methyl sites for hydroxylation is 1. The smallest absolute Gasteiger partial charge is 0.210 e. The highest BCUT2D eigenvalue weighted by Gasteiger charge is 2.44. The molecule has 4 rings (SSSR count). The summed E-state index contributed by atoms with van der Waals surface area (Å²) in [4.78, 5) is 2.43. The van der Waals surface area contributed by atoms with E-state index in [0.29, 0.717) is 0 Å². The topological polar surface area (TPSA) is 6.25 Å². The quantitative estimate of drug-likeness (QED) is 0.188. The lowest BCUT2D eigenvalue weighted by Crippen LogP contribution is -2.28. The fraction of sp³-hybridized carbons (Fsp3) is 0.382. The Morgan fingerprint density at radius 2 is 1.69 bits per heavy atom. The Morgan fingerprint density at radius 3 is 2.42 bits per heavy atom. The van der Waals surface area contributed by atoms with Gasteiger partial charge in [-0.3, -0.25) is 0 Å². The molecule has 2 heteroatoms. The maximum absolute atomic E-state index is 4.06. The van der Waals surface area contributed by atoms with Crippen LogP contribution in [0.3, 0.4) is 0 Å². The third-order valence-corrected chi connectivity index (χ3v) is 7.96. The number of anilines is 1. The van der Waals surface area contributed by atoms with Crippen LogP contribution in [0.25, 0.3) is 0 Å². The summed E-state index contributed by atoms with van der Waals surface area (Å²) in [6.45, 7) is 21.3. The second-order valence-electron chi connectivity index (χ2n) is 11.2. The third kappa shape index (κ3) is 4.54. The SMILES string of the molecule is C=CCN1C(=CC=CC2=[N+](CC=C)c3ccccc3C2(C)C)C(C)(C)c2cc(CCCCC)ccc21. The van der Waals surface area contributed by atoms with Crippen LogP contribution in [0.5, 0.6) is 0 Å². The first-order chi connectivity index (χ1) is 17.3. The maximum Gasteiger partial charge on any atom is 0.210 e. The van der Waals surface area contributed by atoms with E-state index in [0.717, 1.165) is 19.5 Å². The zero-order valence-corrected chi connectivity index (χ0v) is 23.0. The van der Waals surface area contributed by atoms with Crippen LogP contribution in [0, 0.1) is 0 Å². The zero-order chi connectivity index (χ0) is 25.9. The minimum atomic E-state index is -0.0664. The van der Waals surface area contributed by atoms with Gasteiger partial charge in [0.05, 0.1) is 5.41 Å². The Kier molecular flexibility index (Phi) is 7.54. The molecule has 0 atom stereocenters. The number of allylic oxidation sites excluding steroid dienone is 4. The average Bonchev–Trinajstić information content (AvgIpc) is 3.19. The number of fused-ring (bicyclic) bond motifs is 2. The van der Waals surface area contributed by atoms with Gasteiger partial charge in [0.15, 0.2) is 12.3 Å². The molecule has 0 aliphatic carbocycles. The Labute approximate surface area is 219 Å². The lowest BCUT2D eigenvalue weighted by Gasteiger charge is -2.26. The van der Waals surface area contributed by atoms with Gasteiger partial charge in [0.2, 0.25) is 5.69 Å². The first kappa shape index (κ1) is 25.9. The molecule has 0 bridgehead atoms. The second kappa shape index (κ2) is 10.5. The van der Waals surface area contributed by atoms with Gasteiger partial charge in [0, 0.05) is 41.1 Å². The van der Waals surface area contributed by atoms with Crippen LogP contribution in [0.2, 0.25) is 0 Å². The molecule has 2 aliphatic rings. The number of hydrogen-bond acceptors (Lipinski definition) is 1. The van der Waals surface area contributed by atoms with Crippen molar-refractivity contribution in [2.75, 3.05) is 18.0 Å². The van der Waals surface area contributed by atoms with E-state index in [4.69, 9.17) is 0 Å². The van der Waals surface area contributed by atoms with E-state index in [1.165, 1.54) is 58.7 Å². The van der Waals surface area contributed by atoms with E-state index in [9.17, 15) is 0 Å². The molecule has 2 aromatic rings. The number of benzene rings is 2. The van der Waals surface area contributed by atoms with Gasteiger partial charge in [-0.25, -0.2) is 0 Å². The van der Waals surface area contributed by atoms with E-state index in [-0.39, 0.29) is 10.8 Å². The molecule has 2 aromatic carbocycles. The van der Waals surface area contributed by atoms with E-state index >= 15 is 0 Å². The fourth-order valence-corrected chi connectivity index (χ4v) is 5.98. The van der Waals surface area contributed by atoms with Crippen molar-refractivity contribution in [2.45, 2.75) is 71.1 Å². The van der Waals surface area contributed by atoms with Gasteiger partial charge in [-0.15, -0.1) is 6.58 Å². The highest BCUT2D eigenvalue weighted by molar-refractivity contribution is 6.03. The summed E-state index contributed by atoms with van der Waals surface area (Å²) in [5, 5.41) is 0. The molecule has 0 radical (unpaired) electrons. The van der Waals surface area contributed by atoms with Crippen molar-refractivity contribution in [3.05, 3.63) is 108 Å². The summed E-state index contributed by atoms with van der Waals surface area (Å²) in [6, 6.07) is 15.8. The Bertz CT molecular complexity index is 1240. The van der Waals surface area contributed by atoms with Crippen molar-refractivity contribution in [3.63, 3.8) is 0 Å². The third-order valence-electron chi connectivity index (χ3n) is 7.96. The first-order valence-corrected chi connectivity index (χ1v) is 13.5. The number of unbranched alkanes of at least 4 members (excludes halogenated alkanes) is 2. The molecule has 0 amide bonds. The van der Waals surface area contributed by atoms with Gasteiger partial charge >= 0.3 is 0 Å². The van der Waals surface area contributed by atoms with E-state index in [1.807, 2.05) is 12.2 Å². The molecular formula is C34H43N2+. The summed E-state index contributed by atoms with van der Waals surface area (Å²) in [7, 11) is 0. The summed E-state index contributed by atoms with van der Waals surface area (Å²) in [6.07, 6.45) is 15.8. The Balaban J connectivity index is 1.71. The summed E-state index contributed by atoms with van der Waals surface area (Å²) >= 11 is 0. The van der Waals surface area contributed by atoms with E-state index < -0.39 is 0 Å². The van der Waals surface area contributed by atoms with Gasteiger partial charge in [-0.1, -0.05) is 82.7 Å². The highest BCUT2D eigenvalue weighted by Crippen LogP contribution is 2.48. The van der Waals surface area contributed by atoms with Crippen LogP contribution < -0.4 is 4.90 Å². The lowest BCUT2D eigenvalue weighted by atomic mass is 9.81. The maximum atomic E-state index is 4.06. The molecule has 2 nitrogen and oxygen atoms in total. The number of hydrogen-bond donors (Lipinski definition) is 0. The predicted molar refractivity (Wildman–Crippen MR) is 157 cm³/mol. The molecule has 188 valence electrons. The molecule has 0 saturated carbocycles. The van der Waals surface area contributed by atoms with Gasteiger partial charge in [0.25, 0.3) is 0 Å². The van der Waals surface area contributed by atoms with Crippen molar-refractivity contribution < 1.29 is 4.58 Å². The van der Waals surface area contributed by atoms with Gasteiger partial charge in [-0.05, 0) is 56.0 Å². The Morgan fingerprint density at radius 1 is 0.917 bits per heavy atom. The number of nitrogens with zero attached hydrogens (tertiary/aromatic N) is 2. The molecular weight excluding hydrogens is 436 g/mol. The minimum Gasteiger partial charge on any atom is -0.340 e. The summed E-state index contributed by atoms with van der Waals surface area (Å²) < 4.78 is 2.40. The van der Waals surface area contributed by atoms with Gasteiger partial charge in [0.1, 0.15) is 0 Å². The molecule has 2 heterocycles. The van der Waals surface area contributed by atoms with Crippen LogP contribution in [-0.4, -0.2) is 23.4 Å². The number of para-hydroxylation sites is 1. The molecule has 0 spiro atoms. The minimum absolute atomic E-state index is 0.0586. The highest BCUT2D eigenvalue weighted by atomic mass is 15.2. The van der Waals surface area contributed by atoms with Crippen molar-refractivity contribution in [3.8, 4) is 0 Å². The Hall–Kier alpha value is -3.13. The van der Waals surface area contributed by atoms with Crippen molar-refractivity contribution in [1.82, 2.24) is 0 Å².